The van der Waals surface area contributed by atoms with Gasteiger partial charge >= 0.3 is 0 Å². The third kappa shape index (κ3) is 4.81. The van der Waals surface area contributed by atoms with Crippen molar-refractivity contribution in [1.82, 2.24) is 15.3 Å². The summed E-state index contributed by atoms with van der Waals surface area (Å²) in [5, 5.41) is 6.33. The van der Waals surface area contributed by atoms with E-state index in [1.54, 1.807) is 0 Å². The van der Waals surface area contributed by atoms with E-state index < -0.39 is 0 Å². The Kier molecular flexibility index (Phi) is 5.25. The van der Waals surface area contributed by atoms with E-state index in [4.69, 9.17) is 5.73 Å². The summed E-state index contributed by atoms with van der Waals surface area (Å²) in [5.74, 6) is 0.944. The molecule has 0 aliphatic heterocycles. The molecule has 0 saturated heterocycles. The summed E-state index contributed by atoms with van der Waals surface area (Å²) >= 11 is 0. The molecule has 0 saturated carbocycles. The number of aryl methyl sites for hydroxylation is 2. The Morgan fingerprint density at radius 1 is 1.10 bits per heavy atom. The number of benzene rings is 1. The van der Waals surface area contributed by atoms with Crippen molar-refractivity contribution in [2.75, 3.05) is 11.9 Å². The Hall–Kier alpha value is -1.98. The molecular weight excluding hydrogens is 262 g/mol. The van der Waals surface area contributed by atoms with Gasteiger partial charge in [-0.2, -0.15) is 0 Å². The summed E-state index contributed by atoms with van der Waals surface area (Å²) in [6.45, 7) is 6.83. The van der Waals surface area contributed by atoms with Crippen molar-refractivity contribution in [2.45, 2.75) is 33.0 Å². The molecule has 4 N–H and O–H groups in total. The molecule has 5 heteroatoms. The van der Waals surface area contributed by atoms with E-state index in [2.05, 4.69) is 39.7 Å². The van der Waals surface area contributed by atoms with E-state index in [-0.39, 0.29) is 6.29 Å². The van der Waals surface area contributed by atoms with E-state index in [0.717, 1.165) is 17.9 Å². The van der Waals surface area contributed by atoms with Gasteiger partial charge < -0.3 is 5.32 Å². The van der Waals surface area contributed by atoms with Gasteiger partial charge in [-0.25, -0.2) is 9.97 Å². The van der Waals surface area contributed by atoms with E-state index in [1.165, 1.54) is 5.56 Å². The minimum atomic E-state index is -0.377. The van der Waals surface area contributed by atoms with Gasteiger partial charge in [0.25, 0.3) is 0 Å². The van der Waals surface area contributed by atoms with Gasteiger partial charge in [-0.3, -0.25) is 11.1 Å². The quantitative estimate of drug-likeness (QED) is 0.709. The van der Waals surface area contributed by atoms with E-state index in [1.807, 2.05) is 38.1 Å². The molecule has 2 atom stereocenters. The molecule has 1 aromatic heterocycles. The van der Waals surface area contributed by atoms with Gasteiger partial charge in [0.1, 0.15) is 6.29 Å². The molecule has 0 spiro atoms. The topological polar surface area (TPSA) is 75.9 Å². The van der Waals surface area contributed by atoms with Crippen molar-refractivity contribution >= 4 is 5.95 Å². The van der Waals surface area contributed by atoms with Crippen LogP contribution in [0.5, 0.6) is 0 Å². The normalized spacial score (nSPS) is 13.7. The van der Waals surface area contributed by atoms with Crippen molar-refractivity contribution in [1.29, 1.82) is 0 Å². The van der Waals surface area contributed by atoms with Gasteiger partial charge in [-0.15, -0.1) is 0 Å². The molecule has 5 nitrogen and oxygen atoms in total. The summed E-state index contributed by atoms with van der Waals surface area (Å²) in [6.07, 6.45) is -0.377. The Morgan fingerprint density at radius 3 is 2.33 bits per heavy atom. The highest BCUT2D eigenvalue weighted by Gasteiger charge is 2.09. The predicted octanol–water partition coefficient (Wildman–Crippen LogP) is 2.14. The zero-order valence-corrected chi connectivity index (χ0v) is 12.8. The summed E-state index contributed by atoms with van der Waals surface area (Å²) in [4.78, 5) is 8.63. The first-order chi connectivity index (χ1) is 10.0. The second-order valence-electron chi connectivity index (χ2n) is 5.32. The number of aromatic nitrogens is 2. The molecule has 2 unspecified atom stereocenters. The number of rotatable bonds is 6. The Balaban J connectivity index is 1.86. The van der Waals surface area contributed by atoms with Crippen molar-refractivity contribution in [3.8, 4) is 0 Å². The van der Waals surface area contributed by atoms with Crippen LogP contribution in [0.25, 0.3) is 0 Å². The molecule has 0 aliphatic carbocycles. The van der Waals surface area contributed by atoms with Crippen molar-refractivity contribution in [3.63, 3.8) is 0 Å². The molecule has 1 aromatic carbocycles. The van der Waals surface area contributed by atoms with Crippen LogP contribution in [0.4, 0.5) is 5.95 Å². The molecule has 21 heavy (non-hydrogen) atoms. The fourth-order valence-corrected chi connectivity index (χ4v) is 2.18. The SMILES string of the molecule is Cc1cc(C)nc(NC(N)NCC(C)c2ccccc2)n1. The smallest absolute Gasteiger partial charge is 0.225 e. The molecule has 0 bridgehead atoms. The van der Waals surface area contributed by atoms with Gasteiger partial charge in [0, 0.05) is 17.9 Å². The minimum absolute atomic E-state index is 0.377. The predicted molar refractivity (Wildman–Crippen MR) is 86.0 cm³/mol. The zero-order chi connectivity index (χ0) is 15.2. The lowest BCUT2D eigenvalue weighted by atomic mass is 10.0. The van der Waals surface area contributed by atoms with Crippen LogP contribution in [0.1, 0.15) is 29.8 Å². The first kappa shape index (κ1) is 15.4. The molecular formula is C16H23N5. The maximum Gasteiger partial charge on any atom is 0.225 e. The van der Waals surface area contributed by atoms with Crippen molar-refractivity contribution < 1.29 is 0 Å². The summed E-state index contributed by atoms with van der Waals surface area (Å²) in [7, 11) is 0. The van der Waals surface area contributed by atoms with E-state index in [9.17, 15) is 0 Å². The van der Waals surface area contributed by atoms with Gasteiger partial charge in [0.05, 0.1) is 0 Å². The Bertz CT molecular complexity index is 550. The van der Waals surface area contributed by atoms with Crippen molar-refractivity contribution in [3.05, 3.63) is 53.3 Å². The number of nitrogens with zero attached hydrogens (tertiary/aromatic N) is 2. The average molecular weight is 285 g/mol. The second-order valence-corrected chi connectivity index (χ2v) is 5.32. The minimum Gasteiger partial charge on any atom is -0.326 e. The third-order valence-corrected chi connectivity index (χ3v) is 3.28. The number of hydrogen-bond acceptors (Lipinski definition) is 5. The van der Waals surface area contributed by atoms with Crippen LogP contribution in [0.15, 0.2) is 36.4 Å². The highest BCUT2D eigenvalue weighted by atomic mass is 15.3. The van der Waals surface area contributed by atoms with Crippen LogP contribution in [-0.2, 0) is 0 Å². The molecule has 1 heterocycles. The lowest BCUT2D eigenvalue weighted by molar-refractivity contribution is 0.538. The van der Waals surface area contributed by atoms with Crippen molar-refractivity contribution in [2.24, 2.45) is 5.73 Å². The Morgan fingerprint density at radius 2 is 1.71 bits per heavy atom. The van der Waals surface area contributed by atoms with Gasteiger partial charge in [-0.1, -0.05) is 37.3 Å². The lowest BCUT2D eigenvalue weighted by Crippen LogP contribution is -2.45. The van der Waals surface area contributed by atoms with E-state index >= 15 is 0 Å². The van der Waals surface area contributed by atoms with Crippen LogP contribution in [0, 0.1) is 13.8 Å². The van der Waals surface area contributed by atoms with Gasteiger partial charge in [0.2, 0.25) is 5.95 Å². The Labute approximate surface area is 126 Å². The van der Waals surface area contributed by atoms with Crippen LogP contribution >= 0.6 is 0 Å². The number of nitrogens with two attached hydrogens (primary N) is 1. The number of nitrogens with one attached hydrogen (secondary N) is 2. The molecule has 0 amide bonds. The standard InChI is InChI=1S/C16H23N5/c1-11(14-7-5-4-6-8-14)10-18-15(17)21-16-19-12(2)9-13(3)20-16/h4-9,11,15,18H,10,17H2,1-3H3,(H,19,20,21). The molecule has 2 aromatic rings. The monoisotopic (exact) mass is 285 g/mol. The third-order valence-electron chi connectivity index (χ3n) is 3.28. The van der Waals surface area contributed by atoms with Crippen LogP contribution < -0.4 is 16.4 Å². The maximum absolute atomic E-state index is 6.03. The zero-order valence-electron chi connectivity index (χ0n) is 12.8. The average Bonchev–Trinajstić information content (AvgIpc) is 2.44. The summed E-state index contributed by atoms with van der Waals surface area (Å²) in [5.41, 5.74) is 9.17. The first-order valence-corrected chi connectivity index (χ1v) is 7.17. The fourth-order valence-electron chi connectivity index (χ4n) is 2.18. The summed E-state index contributed by atoms with van der Waals surface area (Å²) < 4.78 is 0. The molecule has 0 fully saturated rings. The number of anilines is 1. The second kappa shape index (κ2) is 7.15. The highest BCUT2D eigenvalue weighted by molar-refractivity contribution is 5.28. The van der Waals surface area contributed by atoms with Crippen LogP contribution in [-0.4, -0.2) is 22.8 Å². The fraction of sp³-hybridized carbons (Fsp3) is 0.375. The highest BCUT2D eigenvalue weighted by Crippen LogP contribution is 2.13. The van der Waals surface area contributed by atoms with Gasteiger partial charge in [0.15, 0.2) is 0 Å². The van der Waals surface area contributed by atoms with Gasteiger partial charge in [-0.05, 0) is 31.4 Å². The first-order valence-electron chi connectivity index (χ1n) is 7.17. The van der Waals surface area contributed by atoms with Crippen LogP contribution in [0.3, 0.4) is 0 Å². The molecule has 112 valence electrons. The summed E-state index contributed by atoms with van der Waals surface area (Å²) in [6, 6.07) is 12.3. The molecule has 0 aliphatic rings. The van der Waals surface area contributed by atoms with Crippen LogP contribution in [0.2, 0.25) is 0 Å². The lowest BCUT2D eigenvalue weighted by Gasteiger charge is -2.19. The van der Waals surface area contributed by atoms with E-state index in [0.29, 0.717) is 11.9 Å². The number of hydrogen-bond donors (Lipinski definition) is 3. The maximum atomic E-state index is 6.03. The largest absolute Gasteiger partial charge is 0.326 e. The molecule has 0 radical (unpaired) electrons. The molecule has 2 rings (SSSR count).